The first-order chi connectivity index (χ1) is 26.2. The fourth-order valence-corrected chi connectivity index (χ4v) is 10.4. The van der Waals surface area contributed by atoms with Gasteiger partial charge in [0.25, 0.3) is 0 Å². The summed E-state index contributed by atoms with van der Waals surface area (Å²) in [6.07, 6.45) is 16.7. The maximum atomic E-state index is 2.62. The molecule has 2 heterocycles. The Morgan fingerprint density at radius 1 is 0.537 bits per heavy atom. The number of hydrogen-bond acceptors (Lipinski definition) is 2. The van der Waals surface area contributed by atoms with E-state index in [2.05, 4.69) is 179 Å². The molecule has 0 radical (unpaired) electrons. The normalized spacial score (nSPS) is 20.3. The summed E-state index contributed by atoms with van der Waals surface area (Å²) in [5, 5.41) is 5.40. The van der Waals surface area contributed by atoms with Gasteiger partial charge < -0.3 is 9.80 Å². The van der Waals surface area contributed by atoms with Crippen LogP contribution in [0.3, 0.4) is 0 Å². The smallest absolute Gasteiger partial charge is 0.237 e. The molecule has 2 aliphatic heterocycles. The summed E-state index contributed by atoms with van der Waals surface area (Å²) in [6, 6.07) is 38.2. The first-order valence-corrected chi connectivity index (χ1v) is 21.1. The SMILES string of the molecule is CCCCN1/C(=C/C=C2\CC/C(=C\C=C3\N(CCCC)c4ccc5ccccc5c4C3(C)C)C2=[S+]c2ccccc2)C(C)(C)c2c1ccc1ccccc21. The largest absolute Gasteiger partial charge is 0.344 e. The fraction of sp³-hybridized carbons (Fsp3) is 0.314. The minimum atomic E-state index is -0.107. The lowest BCUT2D eigenvalue weighted by Crippen LogP contribution is -2.27. The van der Waals surface area contributed by atoms with E-state index >= 15 is 0 Å². The summed E-state index contributed by atoms with van der Waals surface area (Å²) in [5.41, 5.74) is 11.1. The van der Waals surface area contributed by atoms with Gasteiger partial charge in [-0.2, -0.15) is 0 Å². The predicted molar refractivity (Wildman–Crippen MR) is 237 cm³/mol. The zero-order chi connectivity index (χ0) is 37.5. The van der Waals surface area contributed by atoms with Crippen LogP contribution in [0.5, 0.6) is 0 Å². The van der Waals surface area contributed by atoms with Gasteiger partial charge in [0.2, 0.25) is 21.1 Å². The van der Waals surface area contributed by atoms with Crippen LogP contribution in [-0.4, -0.2) is 18.0 Å². The minimum Gasteiger partial charge on any atom is -0.344 e. The number of rotatable bonds is 9. The van der Waals surface area contributed by atoms with Crippen LogP contribution in [0.25, 0.3) is 21.5 Å². The molecule has 1 aliphatic carbocycles. The van der Waals surface area contributed by atoms with Crippen LogP contribution in [0.2, 0.25) is 0 Å². The predicted octanol–water partition coefficient (Wildman–Crippen LogP) is 13.2. The standard InChI is InChI=1S/C51H55N2S/c1-7-9-34-52-43-30-26-36-18-14-16-22-41(36)47(43)50(3,4)45(52)32-28-38-24-25-39(49(38)54-40-20-12-11-13-21-40)29-33-46-51(5,6)48-42-23-17-15-19-37(42)27-31-44(48)53(46)35-10-8-2/h11-23,26-33H,7-10,24-25,34-35H2,1-6H3/q+1/b38-28+,39-29+,45-32+,46-33+. The van der Waals surface area contributed by atoms with Gasteiger partial charge in [0.1, 0.15) is 0 Å². The van der Waals surface area contributed by atoms with E-state index in [-0.39, 0.29) is 10.8 Å². The van der Waals surface area contributed by atoms with Crippen LogP contribution in [0.15, 0.2) is 155 Å². The van der Waals surface area contributed by atoms with E-state index in [1.807, 2.05) is 11.4 Å². The molecule has 8 rings (SSSR count). The van der Waals surface area contributed by atoms with E-state index in [1.54, 1.807) is 0 Å². The highest BCUT2D eigenvalue weighted by molar-refractivity contribution is 7.79. The molecular formula is C51H55N2S+. The van der Waals surface area contributed by atoms with Crippen molar-refractivity contribution in [3.63, 3.8) is 0 Å². The highest BCUT2D eigenvalue weighted by Crippen LogP contribution is 2.52. The Morgan fingerprint density at radius 2 is 0.981 bits per heavy atom. The van der Waals surface area contributed by atoms with Crippen molar-refractivity contribution in [3.8, 4) is 0 Å². The zero-order valence-electron chi connectivity index (χ0n) is 33.1. The topological polar surface area (TPSA) is 6.48 Å². The van der Waals surface area contributed by atoms with E-state index < -0.39 is 0 Å². The van der Waals surface area contributed by atoms with Crippen LogP contribution in [0.1, 0.15) is 91.2 Å². The second kappa shape index (κ2) is 14.8. The fourth-order valence-electron chi connectivity index (χ4n) is 9.30. The van der Waals surface area contributed by atoms with E-state index in [1.165, 1.54) is 102 Å². The Morgan fingerprint density at radius 3 is 1.44 bits per heavy atom. The van der Waals surface area contributed by atoms with Crippen molar-refractivity contribution >= 4 is 49.1 Å². The Labute approximate surface area is 327 Å². The molecule has 5 aromatic carbocycles. The number of allylic oxidation sites excluding steroid dienone is 8. The monoisotopic (exact) mass is 727 g/mol. The van der Waals surface area contributed by atoms with Crippen molar-refractivity contribution in [2.24, 2.45) is 0 Å². The molecule has 3 heteroatoms. The highest BCUT2D eigenvalue weighted by Gasteiger charge is 2.42. The highest BCUT2D eigenvalue weighted by atomic mass is 32.1. The average molecular weight is 728 g/mol. The first kappa shape index (κ1) is 36.3. The van der Waals surface area contributed by atoms with Crippen molar-refractivity contribution in [3.05, 3.63) is 161 Å². The number of fused-ring (bicyclic) bond motifs is 6. The van der Waals surface area contributed by atoms with Crippen LogP contribution in [0, 0.1) is 0 Å². The van der Waals surface area contributed by atoms with Gasteiger partial charge in [-0.25, -0.2) is 0 Å². The molecule has 0 bridgehead atoms. The molecule has 0 amide bonds. The van der Waals surface area contributed by atoms with Gasteiger partial charge in [0.05, 0.1) is 0 Å². The Balaban J connectivity index is 1.22. The Kier molecular flexibility index (Phi) is 9.96. The Bertz CT molecular complexity index is 2220. The molecule has 0 unspecified atom stereocenters. The number of hydrogen-bond donors (Lipinski definition) is 0. The molecule has 0 N–H and O–H groups in total. The van der Waals surface area contributed by atoms with Gasteiger partial charge in [0, 0.05) is 70.0 Å². The lowest BCUT2D eigenvalue weighted by molar-refractivity contribution is 0.628. The second-order valence-corrected chi connectivity index (χ2v) is 17.4. The molecule has 0 saturated heterocycles. The van der Waals surface area contributed by atoms with Gasteiger partial charge in [-0.15, -0.1) is 0 Å². The van der Waals surface area contributed by atoms with Gasteiger partial charge in [-0.3, -0.25) is 0 Å². The van der Waals surface area contributed by atoms with Gasteiger partial charge in [-0.1, -0.05) is 145 Å². The quantitative estimate of drug-likeness (QED) is 0.0847. The zero-order valence-corrected chi connectivity index (χ0v) is 33.9. The maximum absolute atomic E-state index is 2.62. The third-order valence-corrected chi connectivity index (χ3v) is 13.3. The number of unbranched alkanes of at least 4 members (excludes halogenated alkanes) is 2. The number of anilines is 2. The van der Waals surface area contributed by atoms with Crippen molar-refractivity contribution in [2.45, 2.75) is 95.8 Å². The van der Waals surface area contributed by atoms with Gasteiger partial charge >= 0.3 is 0 Å². The molecule has 1 fully saturated rings. The van der Waals surface area contributed by atoms with Crippen molar-refractivity contribution < 1.29 is 0 Å². The summed E-state index contributed by atoms with van der Waals surface area (Å²) < 4.78 is 0. The summed E-state index contributed by atoms with van der Waals surface area (Å²) >= 11 is 1.93. The van der Waals surface area contributed by atoms with Crippen molar-refractivity contribution in [1.29, 1.82) is 0 Å². The second-order valence-electron chi connectivity index (χ2n) is 16.4. The number of benzene rings is 5. The summed E-state index contributed by atoms with van der Waals surface area (Å²) in [5.74, 6) is 0. The molecule has 3 aliphatic rings. The van der Waals surface area contributed by atoms with Crippen molar-refractivity contribution in [1.82, 2.24) is 0 Å². The lowest BCUT2D eigenvalue weighted by Gasteiger charge is -2.27. The summed E-state index contributed by atoms with van der Waals surface area (Å²) in [4.78, 5) is 7.95. The van der Waals surface area contributed by atoms with Crippen molar-refractivity contribution in [2.75, 3.05) is 22.9 Å². The van der Waals surface area contributed by atoms with E-state index in [0.29, 0.717) is 0 Å². The molecule has 2 nitrogen and oxygen atoms in total. The first-order valence-electron chi connectivity index (χ1n) is 20.3. The number of nitrogens with zero attached hydrogens (tertiary/aromatic N) is 2. The van der Waals surface area contributed by atoms with Crippen LogP contribution in [0.4, 0.5) is 11.4 Å². The third-order valence-electron chi connectivity index (χ3n) is 12.1. The van der Waals surface area contributed by atoms with E-state index in [0.717, 1.165) is 25.9 Å². The van der Waals surface area contributed by atoms with Crippen LogP contribution < -0.4 is 9.80 Å². The molecule has 0 aromatic heterocycles. The average Bonchev–Trinajstić information content (AvgIpc) is 3.74. The van der Waals surface area contributed by atoms with Crippen LogP contribution >= 0.6 is 0 Å². The maximum Gasteiger partial charge on any atom is 0.237 e. The lowest BCUT2D eigenvalue weighted by atomic mass is 9.81. The molecule has 274 valence electrons. The molecule has 0 spiro atoms. The molecule has 1 saturated carbocycles. The summed E-state index contributed by atoms with van der Waals surface area (Å²) in [7, 11) is 0. The third kappa shape index (κ3) is 6.35. The minimum absolute atomic E-state index is 0.107. The van der Waals surface area contributed by atoms with Gasteiger partial charge in [-0.05, 0) is 82.6 Å². The van der Waals surface area contributed by atoms with E-state index in [4.69, 9.17) is 0 Å². The molecular weight excluding hydrogens is 673 g/mol. The van der Waals surface area contributed by atoms with Gasteiger partial charge in [0.15, 0.2) is 0 Å². The Hall–Kier alpha value is -4.73. The molecule has 0 atom stereocenters. The summed E-state index contributed by atoms with van der Waals surface area (Å²) in [6.45, 7) is 16.4. The van der Waals surface area contributed by atoms with Crippen LogP contribution in [-0.2, 0) is 22.2 Å². The molecule has 5 aromatic rings. The van der Waals surface area contributed by atoms with E-state index in [9.17, 15) is 0 Å². The molecule has 54 heavy (non-hydrogen) atoms.